The second-order valence-electron chi connectivity index (χ2n) is 4.88. The van der Waals surface area contributed by atoms with Crippen LogP contribution in [0.3, 0.4) is 0 Å². The summed E-state index contributed by atoms with van der Waals surface area (Å²) in [5.41, 5.74) is 5.04. The fourth-order valence-electron chi connectivity index (χ4n) is 2.45. The predicted octanol–water partition coefficient (Wildman–Crippen LogP) is 4.52. The number of halogens is 1. The van der Waals surface area contributed by atoms with Crippen molar-refractivity contribution >= 4 is 11.6 Å². The normalized spacial score (nSPS) is 12.4. The molecule has 2 heteroatoms. The van der Waals surface area contributed by atoms with E-state index >= 15 is 0 Å². The van der Waals surface area contributed by atoms with E-state index in [0.717, 1.165) is 11.4 Å². The largest absolute Gasteiger partial charge is 0.309 e. The first kappa shape index (κ1) is 14.1. The first-order valence-electron chi connectivity index (χ1n) is 6.67. The van der Waals surface area contributed by atoms with Gasteiger partial charge < -0.3 is 5.32 Å². The van der Waals surface area contributed by atoms with Gasteiger partial charge in [-0.25, -0.2) is 0 Å². The van der Waals surface area contributed by atoms with Crippen LogP contribution in [-0.4, -0.2) is 7.05 Å². The molecule has 0 spiro atoms. The van der Waals surface area contributed by atoms with E-state index in [-0.39, 0.29) is 6.04 Å². The van der Waals surface area contributed by atoms with E-state index in [1.807, 2.05) is 19.2 Å². The quantitative estimate of drug-likeness (QED) is 0.864. The summed E-state index contributed by atoms with van der Waals surface area (Å²) in [5.74, 6) is 0. The Hall–Kier alpha value is -1.31. The second kappa shape index (κ2) is 6.23. The Bertz CT molecular complexity index is 543. The fraction of sp³-hybridized carbons (Fsp3) is 0.294. The maximum atomic E-state index is 6.17. The third kappa shape index (κ3) is 3.37. The first-order valence-corrected chi connectivity index (χ1v) is 7.05. The summed E-state index contributed by atoms with van der Waals surface area (Å²) in [6, 6.07) is 15.1. The highest BCUT2D eigenvalue weighted by molar-refractivity contribution is 6.30. The zero-order valence-corrected chi connectivity index (χ0v) is 12.5. The van der Waals surface area contributed by atoms with Gasteiger partial charge in [-0.15, -0.1) is 0 Å². The molecule has 0 amide bonds. The number of hydrogen-bond acceptors (Lipinski definition) is 1. The molecule has 0 radical (unpaired) electrons. The third-order valence-corrected chi connectivity index (χ3v) is 3.60. The van der Waals surface area contributed by atoms with Gasteiger partial charge >= 0.3 is 0 Å². The predicted molar refractivity (Wildman–Crippen MR) is 82.9 cm³/mol. The van der Waals surface area contributed by atoms with E-state index in [2.05, 4.69) is 49.5 Å². The lowest BCUT2D eigenvalue weighted by Gasteiger charge is -2.19. The molecule has 0 fully saturated rings. The summed E-state index contributed by atoms with van der Waals surface area (Å²) in [5, 5.41) is 4.18. The Balaban J connectivity index is 2.43. The molecule has 0 aliphatic carbocycles. The minimum atomic E-state index is 0.184. The molecule has 1 N–H and O–H groups in total. The van der Waals surface area contributed by atoms with Crippen molar-refractivity contribution in [1.82, 2.24) is 5.32 Å². The van der Waals surface area contributed by atoms with Crippen molar-refractivity contribution < 1.29 is 0 Å². The van der Waals surface area contributed by atoms with Gasteiger partial charge in [0.05, 0.1) is 6.04 Å². The van der Waals surface area contributed by atoms with Crippen LogP contribution in [0.1, 0.15) is 35.2 Å². The summed E-state index contributed by atoms with van der Waals surface area (Å²) in [4.78, 5) is 0. The maximum absolute atomic E-state index is 6.17. The second-order valence-corrected chi connectivity index (χ2v) is 5.32. The van der Waals surface area contributed by atoms with Crippen molar-refractivity contribution in [2.75, 3.05) is 7.05 Å². The van der Waals surface area contributed by atoms with Crippen LogP contribution in [0.15, 0.2) is 42.5 Å². The molecule has 2 aromatic rings. The fourth-order valence-corrected chi connectivity index (χ4v) is 2.75. The lowest BCUT2D eigenvalue weighted by molar-refractivity contribution is 0.690. The summed E-state index contributed by atoms with van der Waals surface area (Å²) >= 11 is 6.17. The molecular formula is C17H20ClN. The lowest BCUT2D eigenvalue weighted by atomic mass is 9.95. The third-order valence-electron chi connectivity index (χ3n) is 3.38. The number of benzene rings is 2. The minimum absolute atomic E-state index is 0.184. The number of hydrogen-bond donors (Lipinski definition) is 1. The number of aryl methyl sites for hydroxylation is 2. The Morgan fingerprint density at radius 2 is 1.89 bits per heavy atom. The van der Waals surface area contributed by atoms with E-state index in [4.69, 9.17) is 11.6 Å². The highest BCUT2D eigenvalue weighted by Crippen LogP contribution is 2.26. The van der Waals surface area contributed by atoms with Gasteiger partial charge in [0.1, 0.15) is 0 Å². The van der Waals surface area contributed by atoms with Crippen molar-refractivity contribution in [3.05, 3.63) is 69.7 Å². The molecule has 2 aromatic carbocycles. The molecule has 0 saturated heterocycles. The van der Waals surface area contributed by atoms with E-state index < -0.39 is 0 Å². The molecule has 1 unspecified atom stereocenters. The van der Waals surface area contributed by atoms with Gasteiger partial charge in [-0.2, -0.15) is 0 Å². The summed E-state index contributed by atoms with van der Waals surface area (Å²) in [6.07, 6.45) is 1.05. The molecule has 0 bridgehead atoms. The Morgan fingerprint density at radius 1 is 1.11 bits per heavy atom. The molecule has 2 rings (SSSR count). The molecule has 0 aromatic heterocycles. The minimum Gasteiger partial charge on any atom is -0.309 e. The van der Waals surface area contributed by atoms with Gasteiger partial charge in [0.2, 0.25) is 0 Å². The molecule has 0 aliphatic heterocycles. The number of nitrogens with one attached hydrogen (secondary N) is 1. The van der Waals surface area contributed by atoms with Crippen LogP contribution in [0.4, 0.5) is 0 Å². The molecular weight excluding hydrogens is 254 g/mol. The highest BCUT2D eigenvalue weighted by Gasteiger charge is 2.13. The standard InChI is InChI=1S/C17H20ClN/c1-4-13-6-5-7-14(10-13)17(19-3)15-8-12(2)9-16(18)11-15/h5-11,17,19H,4H2,1-3H3. The van der Waals surface area contributed by atoms with Crippen LogP contribution < -0.4 is 5.32 Å². The average molecular weight is 274 g/mol. The van der Waals surface area contributed by atoms with Gasteiger partial charge in [0.25, 0.3) is 0 Å². The van der Waals surface area contributed by atoms with Crippen molar-refractivity contribution in [2.45, 2.75) is 26.3 Å². The van der Waals surface area contributed by atoms with Crippen LogP contribution in [0.5, 0.6) is 0 Å². The van der Waals surface area contributed by atoms with Crippen molar-refractivity contribution in [3.63, 3.8) is 0 Å². The summed E-state index contributed by atoms with van der Waals surface area (Å²) < 4.78 is 0. The Morgan fingerprint density at radius 3 is 2.53 bits per heavy atom. The molecule has 1 atom stereocenters. The monoisotopic (exact) mass is 273 g/mol. The van der Waals surface area contributed by atoms with Crippen molar-refractivity contribution in [3.8, 4) is 0 Å². The van der Waals surface area contributed by atoms with Crippen LogP contribution >= 0.6 is 11.6 Å². The van der Waals surface area contributed by atoms with Gasteiger partial charge in [0, 0.05) is 5.02 Å². The zero-order valence-electron chi connectivity index (χ0n) is 11.7. The maximum Gasteiger partial charge on any atom is 0.0575 e. The first-order chi connectivity index (χ1) is 9.13. The SMILES string of the molecule is CCc1cccc(C(NC)c2cc(C)cc(Cl)c2)c1. The molecule has 1 nitrogen and oxygen atoms in total. The highest BCUT2D eigenvalue weighted by atomic mass is 35.5. The summed E-state index contributed by atoms with van der Waals surface area (Å²) in [6.45, 7) is 4.25. The van der Waals surface area contributed by atoms with Crippen LogP contribution in [0.25, 0.3) is 0 Å². The molecule has 19 heavy (non-hydrogen) atoms. The lowest BCUT2D eigenvalue weighted by Crippen LogP contribution is -2.18. The topological polar surface area (TPSA) is 12.0 Å². The molecule has 0 heterocycles. The Kier molecular flexibility index (Phi) is 4.62. The molecule has 100 valence electrons. The van der Waals surface area contributed by atoms with Gasteiger partial charge in [-0.05, 0) is 54.8 Å². The van der Waals surface area contributed by atoms with Crippen molar-refractivity contribution in [1.29, 1.82) is 0 Å². The van der Waals surface area contributed by atoms with E-state index in [9.17, 15) is 0 Å². The van der Waals surface area contributed by atoms with E-state index in [1.54, 1.807) is 0 Å². The molecule has 0 saturated carbocycles. The van der Waals surface area contributed by atoms with Crippen LogP contribution in [-0.2, 0) is 6.42 Å². The number of rotatable bonds is 4. The van der Waals surface area contributed by atoms with Gasteiger partial charge in [-0.3, -0.25) is 0 Å². The zero-order chi connectivity index (χ0) is 13.8. The van der Waals surface area contributed by atoms with Gasteiger partial charge in [-0.1, -0.05) is 48.9 Å². The summed E-state index contributed by atoms with van der Waals surface area (Å²) in [7, 11) is 1.99. The van der Waals surface area contributed by atoms with Crippen LogP contribution in [0.2, 0.25) is 5.02 Å². The van der Waals surface area contributed by atoms with Crippen molar-refractivity contribution in [2.24, 2.45) is 0 Å². The average Bonchev–Trinajstić information content (AvgIpc) is 2.39. The van der Waals surface area contributed by atoms with E-state index in [0.29, 0.717) is 0 Å². The Labute approximate surface area is 120 Å². The smallest absolute Gasteiger partial charge is 0.0575 e. The van der Waals surface area contributed by atoms with Crippen LogP contribution in [0, 0.1) is 6.92 Å². The van der Waals surface area contributed by atoms with Gasteiger partial charge in [0.15, 0.2) is 0 Å². The molecule has 0 aliphatic rings. The van der Waals surface area contributed by atoms with E-state index in [1.165, 1.54) is 22.3 Å².